The zero-order valence-electron chi connectivity index (χ0n) is 14.1. The van der Waals surface area contributed by atoms with Crippen molar-refractivity contribution >= 4 is 18.3 Å². The first-order chi connectivity index (χ1) is 11.3. The van der Waals surface area contributed by atoms with Crippen LogP contribution in [0.2, 0.25) is 0 Å². The molecule has 24 heavy (non-hydrogen) atoms. The number of likely N-dealkylation sites (tertiary alicyclic amines) is 1. The summed E-state index contributed by atoms with van der Waals surface area (Å²) in [6.07, 6.45) is 7.34. The van der Waals surface area contributed by atoms with E-state index in [1.807, 2.05) is 4.90 Å². The Morgan fingerprint density at radius 1 is 1.25 bits per heavy atom. The van der Waals surface area contributed by atoms with Crippen LogP contribution in [-0.2, 0) is 4.79 Å². The molecule has 2 saturated heterocycles. The second-order valence-corrected chi connectivity index (χ2v) is 7.34. The largest absolute Gasteiger partial charge is 0.342 e. The van der Waals surface area contributed by atoms with Crippen molar-refractivity contribution in [3.8, 4) is 0 Å². The standard InChI is InChI=1S/C17H26N4O2.ClH/c22-15(6-3-12-7-8-18-10-12)21-9-1-2-14(11-21)16-19-17(23-20-16)13-4-5-13;/h12-14,18H,1-11H2;1H. The molecule has 6 nitrogen and oxygen atoms in total. The summed E-state index contributed by atoms with van der Waals surface area (Å²) in [7, 11) is 0. The highest BCUT2D eigenvalue weighted by molar-refractivity contribution is 5.85. The Labute approximate surface area is 149 Å². The van der Waals surface area contributed by atoms with E-state index in [2.05, 4.69) is 15.5 Å². The Kier molecular flexibility index (Phi) is 5.76. The molecule has 0 radical (unpaired) electrons. The minimum Gasteiger partial charge on any atom is -0.342 e. The van der Waals surface area contributed by atoms with Crippen LogP contribution in [0.5, 0.6) is 0 Å². The van der Waals surface area contributed by atoms with E-state index in [9.17, 15) is 4.79 Å². The maximum Gasteiger partial charge on any atom is 0.229 e. The summed E-state index contributed by atoms with van der Waals surface area (Å²) < 4.78 is 5.38. The molecule has 0 bridgehead atoms. The summed E-state index contributed by atoms with van der Waals surface area (Å²) in [5.41, 5.74) is 0. The molecule has 3 heterocycles. The van der Waals surface area contributed by atoms with Crippen LogP contribution < -0.4 is 5.32 Å². The second-order valence-electron chi connectivity index (χ2n) is 7.34. The molecule has 1 N–H and O–H groups in total. The van der Waals surface area contributed by atoms with Crippen molar-refractivity contribution in [2.24, 2.45) is 5.92 Å². The fourth-order valence-corrected chi connectivity index (χ4v) is 3.77. The number of piperidine rings is 1. The lowest BCUT2D eigenvalue weighted by molar-refractivity contribution is -0.132. The summed E-state index contributed by atoms with van der Waals surface area (Å²) in [5, 5.41) is 7.54. The molecule has 134 valence electrons. The van der Waals surface area contributed by atoms with Crippen LogP contribution in [-0.4, -0.2) is 47.1 Å². The van der Waals surface area contributed by atoms with Crippen molar-refractivity contribution in [1.29, 1.82) is 0 Å². The van der Waals surface area contributed by atoms with Crippen molar-refractivity contribution in [2.75, 3.05) is 26.2 Å². The number of rotatable bonds is 5. The Hall–Kier alpha value is -1.14. The lowest BCUT2D eigenvalue weighted by atomic mass is 9.96. The molecule has 1 saturated carbocycles. The Bertz CT molecular complexity index is 555. The number of nitrogens with zero attached hydrogens (tertiary/aromatic N) is 3. The van der Waals surface area contributed by atoms with Crippen LogP contribution in [0.15, 0.2) is 4.52 Å². The van der Waals surface area contributed by atoms with Gasteiger partial charge in [0.2, 0.25) is 11.8 Å². The van der Waals surface area contributed by atoms with E-state index >= 15 is 0 Å². The van der Waals surface area contributed by atoms with E-state index in [0.717, 1.165) is 57.2 Å². The monoisotopic (exact) mass is 354 g/mol. The average Bonchev–Trinajstić information content (AvgIpc) is 3.11. The van der Waals surface area contributed by atoms with Crippen LogP contribution in [0.25, 0.3) is 0 Å². The van der Waals surface area contributed by atoms with Gasteiger partial charge in [0.15, 0.2) is 5.82 Å². The van der Waals surface area contributed by atoms with E-state index in [1.54, 1.807) is 0 Å². The van der Waals surface area contributed by atoms with Gasteiger partial charge in [0, 0.05) is 31.3 Å². The second kappa shape index (κ2) is 7.83. The minimum absolute atomic E-state index is 0. The highest BCUT2D eigenvalue weighted by Crippen LogP contribution is 2.39. The first kappa shape index (κ1) is 17.7. The summed E-state index contributed by atoms with van der Waals surface area (Å²) in [6, 6.07) is 0. The van der Waals surface area contributed by atoms with Gasteiger partial charge in [-0.05, 0) is 57.5 Å². The molecule has 3 fully saturated rings. The van der Waals surface area contributed by atoms with Gasteiger partial charge in [-0.2, -0.15) is 4.98 Å². The number of nitrogens with one attached hydrogen (secondary N) is 1. The molecule has 1 aliphatic carbocycles. The lowest BCUT2D eigenvalue weighted by Crippen LogP contribution is -2.39. The third-order valence-corrected chi connectivity index (χ3v) is 5.45. The van der Waals surface area contributed by atoms with Crippen molar-refractivity contribution in [3.05, 3.63) is 11.7 Å². The van der Waals surface area contributed by atoms with Gasteiger partial charge in [-0.25, -0.2) is 0 Å². The van der Waals surface area contributed by atoms with E-state index in [4.69, 9.17) is 4.52 Å². The molecule has 2 unspecified atom stereocenters. The molecule has 2 aliphatic heterocycles. The topological polar surface area (TPSA) is 71.3 Å². The zero-order valence-corrected chi connectivity index (χ0v) is 14.9. The Morgan fingerprint density at radius 3 is 2.88 bits per heavy atom. The quantitative estimate of drug-likeness (QED) is 0.879. The van der Waals surface area contributed by atoms with Crippen molar-refractivity contribution in [3.63, 3.8) is 0 Å². The summed E-state index contributed by atoms with van der Waals surface area (Å²) in [4.78, 5) is 19.1. The number of carbonyl (C=O) groups is 1. The molecule has 1 aromatic heterocycles. The van der Waals surface area contributed by atoms with Gasteiger partial charge in [-0.1, -0.05) is 5.16 Å². The average molecular weight is 355 g/mol. The molecule has 7 heteroatoms. The number of amides is 1. The maximum atomic E-state index is 12.5. The van der Waals surface area contributed by atoms with Gasteiger partial charge in [0.05, 0.1) is 0 Å². The summed E-state index contributed by atoms with van der Waals surface area (Å²) in [6.45, 7) is 3.81. The predicted octanol–water partition coefficient (Wildman–Crippen LogP) is 2.46. The maximum absolute atomic E-state index is 12.5. The molecular formula is C17H27ClN4O2. The number of halogens is 1. The number of hydrogen-bond acceptors (Lipinski definition) is 5. The van der Waals surface area contributed by atoms with Crippen molar-refractivity contribution in [2.45, 2.75) is 56.8 Å². The highest BCUT2D eigenvalue weighted by Gasteiger charge is 2.33. The van der Waals surface area contributed by atoms with Gasteiger partial charge in [-0.3, -0.25) is 4.79 Å². The normalized spacial score (nSPS) is 27.1. The van der Waals surface area contributed by atoms with E-state index in [1.165, 1.54) is 19.3 Å². The molecule has 3 aliphatic rings. The van der Waals surface area contributed by atoms with Crippen LogP contribution in [0.4, 0.5) is 0 Å². The van der Waals surface area contributed by atoms with Crippen LogP contribution >= 0.6 is 12.4 Å². The molecule has 2 atom stereocenters. The van der Waals surface area contributed by atoms with Crippen molar-refractivity contribution < 1.29 is 9.32 Å². The fourth-order valence-electron chi connectivity index (χ4n) is 3.77. The summed E-state index contributed by atoms with van der Waals surface area (Å²) >= 11 is 0. The number of aromatic nitrogens is 2. The lowest BCUT2D eigenvalue weighted by Gasteiger charge is -2.31. The van der Waals surface area contributed by atoms with E-state index < -0.39 is 0 Å². The number of carbonyl (C=O) groups excluding carboxylic acids is 1. The van der Waals surface area contributed by atoms with E-state index in [-0.39, 0.29) is 18.3 Å². The van der Waals surface area contributed by atoms with Gasteiger partial charge in [0.1, 0.15) is 0 Å². The molecular weight excluding hydrogens is 328 g/mol. The number of hydrogen-bond donors (Lipinski definition) is 1. The fraction of sp³-hybridized carbons (Fsp3) is 0.824. The van der Waals surface area contributed by atoms with Gasteiger partial charge < -0.3 is 14.7 Å². The van der Waals surface area contributed by atoms with Gasteiger partial charge >= 0.3 is 0 Å². The molecule has 1 amide bonds. The molecule has 0 spiro atoms. The SMILES string of the molecule is Cl.O=C(CCC1CCNC1)N1CCCC(c2noc(C3CC3)n2)C1. The summed E-state index contributed by atoms with van der Waals surface area (Å²) in [5.74, 6) is 3.33. The van der Waals surface area contributed by atoms with Gasteiger partial charge in [0.25, 0.3) is 0 Å². The predicted molar refractivity (Wildman–Crippen MR) is 92.3 cm³/mol. The Balaban J connectivity index is 0.00000169. The van der Waals surface area contributed by atoms with Crippen molar-refractivity contribution in [1.82, 2.24) is 20.4 Å². The molecule has 4 rings (SSSR count). The highest BCUT2D eigenvalue weighted by atomic mass is 35.5. The Morgan fingerprint density at radius 2 is 2.12 bits per heavy atom. The van der Waals surface area contributed by atoms with Gasteiger partial charge in [-0.15, -0.1) is 12.4 Å². The first-order valence-electron chi connectivity index (χ1n) is 9.11. The smallest absolute Gasteiger partial charge is 0.229 e. The molecule has 0 aromatic carbocycles. The zero-order chi connectivity index (χ0) is 15.6. The third kappa shape index (κ3) is 4.09. The molecule has 1 aromatic rings. The third-order valence-electron chi connectivity index (χ3n) is 5.45. The van der Waals surface area contributed by atoms with Crippen LogP contribution in [0.1, 0.15) is 68.5 Å². The first-order valence-corrected chi connectivity index (χ1v) is 9.11. The van der Waals surface area contributed by atoms with E-state index in [0.29, 0.717) is 24.2 Å². The van der Waals surface area contributed by atoms with Crippen LogP contribution in [0, 0.1) is 5.92 Å². The van der Waals surface area contributed by atoms with Crippen LogP contribution in [0.3, 0.4) is 0 Å². The minimum atomic E-state index is 0.